The van der Waals surface area contributed by atoms with E-state index in [1.807, 2.05) is 0 Å². The molecule has 0 bridgehead atoms. The molecule has 1 amide bonds. The number of amides is 1. The molecular formula is C43H80NO12P. The Kier molecular flexibility index (Phi) is 31.2. The topological polar surface area (TPSA) is 226 Å². The third kappa shape index (κ3) is 25.7. The van der Waals surface area contributed by atoms with Crippen LogP contribution in [0.3, 0.4) is 0 Å². The lowest BCUT2D eigenvalue weighted by atomic mass is 9.85. The fourth-order valence-corrected chi connectivity index (χ4v) is 7.75. The Morgan fingerprint density at radius 3 is 1.54 bits per heavy atom. The molecule has 0 aromatic heterocycles. The fraction of sp³-hybridized carbons (Fsp3) is 0.837. The summed E-state index contributed by atoms with van der Waals surface area (Å²) in [6.07, 6.45) is 22.5. The summed E-state index contributed by atoms with van der Waals surface area (Å²) < 4.78 is 22.8. The van der Waals surface area contributed by atoms with Gasteiger partial charge in [0, 0.05) is 0 Å². The zero-order valence-electron chi connectivity index (χ0n) is 35.0. The molecule has 1 rings (SSSR count). The number of nitrogens with one attached hydrogen (secondary N) is 1. The summed E-state index contributed by atoms with van der Waals surface area (Å²) in [5.41, 5.74) is 0. The van der Waals surface area contributed by atoms with Crippen LogP contribution >= 0.6 is 7.82 Å². The SMILES string of the molecule is CCCCCCCC/C=C\CCCCCCCC(O)CC(=O)NC(COP(=O)(O)OC1C(O)C(O)C(O)C(O)C1O)C(O)/C=C/CC/C=C/CCCCCCCC. The second kappa shape index (κ2) is 33.3. The second-order valence-corrected chi connectivity index (χ2v) is 17.1. The van der Waals surface area contributed by atoms with E-state index in [4.69, 9.17) is 9.05 Å². The number of aliphatic hydroxyl groups excluding tert-OH is 7. The number of phosphoric acid groups is 1. The minimum Gasteiger partial charge on any atom is -0.393 e. The van der Waals surface area contributed by atoms with E-state index >= 15 is 0 Å². The van der Waals surface area contributed by atoms with Gasteiger partial charge in [-0.1, -0.05) is 140 Å². The second-order valence-electron chi connectivity index (χ2n) is 15.7. The van der Waals surface area contributed by atoms with Crippen LogP contribution in [0, 0.1) is 0 Å². The van der Waals surface area contributed by atoms with Gasteiger partial charge in [0.25, 0.3) is 0 Å². The number of hydrogen-bond acceptors (Lipinski definition) is 11. The van der Waals surface area contributed by atoms with E-state index < -0.39 is 75.2 Å². The molecular weight excluding hydrogens is 753 g/mol. The summed E-state index contributed by atoms with van der Waals surface area (Å²) in [6.45, 7) is 3.68. The lowest BCUT2D eigenvalue weighted by Crippen LogP contribution is -2.64. The molecule has 0 aromatic rings. The lowest BCUT2D eigenvalue weighted by molar-refractivity contribution is -0.220. The van der Waals surface area contributed by atoms with Gasteiger partial charge in [-0.3, -0.25) is 13.8 Å². The monoisotopic (exact) mass is 834 g/mol. The Hall–Kier alpha value is -1.48. The summed E-state index contributed by atoms with van der Waals surface area (Å²) in [5.74, 6) is -0.610. The Bertz CT molecular complexity index is 1120. The molecule has 0 heterocycles. The van der Waals surface area contributed by atoms with Gasteiger partial charge in [-0.25, -0.2) is 4.57 Å². The third-order valence-corrected chi connectivity index (χ3v) is 11.4. The van der Waals surface area contributed by atoms with Gasteiger partial charge in [0.15, 0.2) is 0 Å². The summed E-state index contributed by atoms with van der Waals surface area (Å²) in [4.78, 5) is 23.4. The van der Waals surface area contributed by atoms with Crippen LogP contribution in [0.15, 0.2) is 36.5 Å². The van der Waals surface area contributed by atoms with Gasteiger partial charge in [0.2, 0.25) is 5.91 Å². The minimum absolute atomic E-state index is 0.258. The first kappa shape index (κ1) is 53.5. The molecule has 9 N–H and O–H groups in total. The number of carbonyl (C=O) groups is 1. The van der Waals surface area contributed by atoms with Crippen LogP contribution in [0.25, 0.3) is 0 Å². The summed E-state index contributed by atoms with van der Waals surface area (Å²) in [7, 11) is -5.14. The van der Waals surface area contributed by atoms with E-state index in [1.165, 1.54) is 76.7 Å². The maximum absolute atomic E-state index is 12.9. The first-order chi connectivity index (χ1) is 27.3. The highest BCUT2D eigenvalue weighted by molar-refractivity contribution is 7.47. The van der Waals surface area contributed by atoms with E-state index in [-0.39, 0.29) is 6.42 Å². The number of aliphatic hydroxyl groups is 7. The molecule has 1 fully saturated rings. The van der Waals surface area contributed by atoms with Crippen molar-refractivity contribution in [3.05, 3.63) is 36.5 Å². The number of hydrogen-bond donors (Lipinski definition) is 9. The molecule has 1 saturated carbocycles. The van der Waals surface area contributed by atoms with E-state index in [0.29, 0.717) is 12.8 Å². The maximum atomic E-state index is 12.9. The number of carbonyl (C=O) groups excluding carboxylic acids is 1. The Morgan fingerprint density at radius 2 is 1.04 bits per heavy atom. The van der Waals surface area contributed by atoms with Gasteiger partial charge >= 0.3 is 7.82 Å². The Balaban J connectivity index is 2.60. The average molecular weight is 834 g/mol. The summed E-state index contributed by atoms with van der Waals surface area (Å²) >= 11 is 0. The molecule has 1 aliphatic carbocycles. The normalized spacial score (nSPS) is 24.3. The van der Waals surface area contributed by atoms with Crippen LogP contribution in [-0.2, 0) is 18.4 Å². The van der Waals surface area contributed by atoms with Crippen molar-refractivity contribution in [2.75, 3.05) is 6.61 Å². The van der Waals surface area contributed by atoms with Gasteiger partial charge in [0.1, 0.15) is 36.6 Å². The molecule has 334 valence electrons. The maximum Gasteiger partial charge on any atom is 0.472 e. The van der Waals surface area contributed by atoms with Crippen LogP contribution < -0.4 is 5.32 Å². The zero-order chi connectivity index (χ0) is 42.3. The van der Waals surface area contributed by atoms with E-state index in [2.05, 4.69) is 43.5 Å². The van der Waals surface area contributed by atoms with Gasteiger partial charge < -0.3 is 46.0 Å². The molecule has 13 nitrogen and oxygen atoms in total. The molecule has 8 atom stereocenters. The minimum atomic E-state index is -5.14. The van der Waals surface area contributed by atoms with E-state index in [0.717, 1.165) is 64.2 Å². The molecule has 8 unspecified atom stereocenters. The predicted molar refractivity (Wildman–Crippen MR) is 224 cm³/mol. The standard InChI is InChI=1S/C43H80NO12P/c1-3-5-7-9-11-13-15-17-18-19-20-22-24-26-28-30-34(45)32-37(47)44-35(36(46)31-29-27-25-23-21-16-14-12-10-8-6-4-2)33-55-57(53,54)56-43-41(51)39(49)38(48)40(50)42(43)52/h17-18,21,23,29,31,34-36,38-43,45-46,48-52H,3-16,19-20,22,24-28,30,32-33H2,1-2H3,(H,44,47)(H,53,54)/b18-17-,23-21+,31-29+. The van der Waals surface area contributed by atoms with Crippen LogP contribution in [0.5, 0.6) is 0 Å². The van der Waals surface area contributed by atoms with Crippen LogP contribution in [0.4, 0.5) is 0 Å². The molecule has 0 aliphatic heterocycles. The lowest BCUT2D eigenvalue weighted by Gasteiger charge is -2.41. The van der Waals surface area contributed by atoms with Crippen LogP contribution in [0.1, 0.15) is 168 Å². The Labute approximate surface area is 343 Å². The quantitative estimate of drug-likeness (QED) is 0.0187. The smallest absolute Gasteiger partial charge is 0.393 e. The Morgan fingerprint density at radius 1 is 0.614 bits per heavy atom. The summed E-state index contributed by atoms with van der Waals surface area (Å²) in [5, 5.41) is 74.2. The first-order valence-corrected chi connectivity index (χ1v) is 23.5. The van der Waals surface area contributed by atoms with Crippen molar-refractivity contribution in [2.45, 2.75) is 223 Å². The molecule has 14 heteroatoms. The van der Waals surface area contributed by atoms with Crippen molar-refractivity contribution in [1.29, 1.82) is 0 Å². The fourth-order valence-electron chi connectivity index (χ4n) is 6.78. The van der Waals surface area contributed by atoms with E-state index in [1.54, 1.807) is 6.08 Å². The predicted octanol–water partition coefficient (Wildman–Crippen LogP) is 6.58. The van der Waals surface area contributed by atoms with Crippen molar-refractivity contribution in [2.24, 2.45) is 0 Å². The van der Waals surface area contributed by atoms with Crippen molar-refractivity contribution in [1.82, 2.24) is 5.32 Å². The molecule has 0 saturated heterocycles. The number of unbranched alkanes of at least 4 members (excludes halogenated alkanes) is 18. The highest BCUT2D eigenvalue weighted by Crippen LogP contribution is 2.47. The van der Waals surface area contributed by atoms with Crippen molar-refractivity contribution >= 4 is 13.7 Å². The molecule has 0 aromatic carbocycles. The third-order valence-electron chi connectivity index (χ3n) is 10.4. The van der Waals surface area contributed by atoms with Crippen molar-refractivity contribution in [3.63, 3.8) is 0 Å². The van der Waals surface area contributed by atoms with Crippen LogP contribution in [0.2, 0.25) is 0 Å². The highest BCUT2D eigenvalue weighted by Gasteiger charge is 2.51. The first-order valence-electron chi connectivity index (χ1n) is 22.0. The summed E-state index contributed by atoms with van der Waals surface area (Å²) in [6, 6.07) is -1.26. The van der Waals surface area contributed by atoms with Crippen molar-refractivity contribution < 1.29 is 59.0 Å². The van der Waals surface area contributed by atoms with Crippen LogP contribution in [-0.4, -0.2) is 108 Å². The number of allylic oxidation sites excluding steroid dienone is 5. The molecule has 0 radical (unpaired) electrons. The molecule has 57 heavy (non-hydrogen) atoms. The number of rotatable bonds is 35. The van der Waals surface area contributed by atoms with E-state index in [9.17, 15) is 50.0 Å². The molecule has 0 spiro atoms. The number of phosphoric ester groups is 1. The highest BCUT2D eigenvalue weighted by atomic mass is 31.2. The average Bonchev–Trinajstić information content (AvgIpc) is 3.18. The van der Waals surface area contributed by atoms with Gasteiger partial charge in [-0.2, -0.15) is 0 Å². The van der Waals surface area contributed by atoms with Gasteiger partial charge in [-0.15, -0.1) is 0 Å². The van der Waals surface area contributed by atoms with Crippen molar-refractivity contribution in [3.8, 4) is 0 Å². The van der Waals surface area contributed by atoms with Gasteiger partial charge in [-0.05, 0) is 57.8 Å². The zero-order valence-corrected chi connectivity index (χ0v) is 35.9. The van der Waals surface area contributed by atoms with Gasteiger partial charge in [0.05, 0.1) is 31.3 Å². The molecule has 1 aliphatic rings. The largest absolute Gasteiger partial charge is 0.472 e.